The van der Waals surface area contributed by atoms with Crippen molar-refractivity contribution in [2.75, 3.05) is 11.9 Å². The van der Waals surface area contributed by atoms with E-state index in [1.165, 1.54) is 43.3 Å². The van der Waals surface area contributed by atoms with Gasteiger partial charge < -0.3 is 15.4 Å². The highest BCUT2D eigenvalue weighted by molar-refractivity contribution is 5.99. The van der Waals surface area contributed by atoms with Gasteiger partial charge in [-0.1, -0.05) is 36.4 Å². The molecular formula is C19H19F3N2O3. The Labute approximate surface area is 154 Å². The van der Waals surface area contributed by atoms with Crippen molar-refractivity contribution in [2.24, 2.45) is 0 Å². The van der Waals surface area contributed by atoms with E-state index in [9.17, 15) is 22.8 Å². The van der Waals surface area contributed by atoms with Gasteiger partial charge in [-0.05, 0) is 37.6 Å². The summed E-state index contributed by atoms with van der Waals surface area (Å²) in [5.74, 6) is -2.72. The van der Waals surface area contributed by atoms with Gasteiger partial charge in [-0.25, -0.2) is 4.79 Å². The molecule has 0 aliphatic carbocycles. The molecule has 0 spiro atoms. The highest BCUT2D eigenvalue weighted by Crippen LogP contribution is 2.34. The lowest BCUT2D eigenvalue weighted by molar-refractivity contribution is -0.204. The number of nitrogens with one attached hydrogen (secondary N) is 2. The molecule has 0 saturated heterocycles. The zero-order valence-electron chi connectivity index (χ0n) is 14.8. The van der Waals surface area contributed by atoms with E-state index in [4.69, 9.17) is 0 Å². The number of amides is 1. The lowest BCUT2D eigenvalue weighted by atomic mass is 10.1. The fourth-order valence-corrected chi connectivity index (χ4v) is 2.38. The predicted octanol–water partition coefficient (Wildman–Crippen LogP) is 3.66. The van der Waals surface area contributed by atoms with Gasteiger partial charge in [-0.2, -0.15) is 13.2 Å². The Hall–Kier alpha value is -3.03. The maximum atomic E-state index is 14.1. The Morgan fingerprint density at radius 3 is 2.15 bits per heavy atom. The number of para-hydroxylation sites is 1. The molecule has 2 aromatic carbocycles. The lowest BCUT2D eigenvalue weighted by Gasteiger charge is -2.35. The van der Waals surface area contributed by atoms with Crippen molar-refractivity contribution in [3.8, 4) is 0 Å². The average molecular weight is 380 g/mol. The predicted molar refractivity (Wildman–Crippen MR) is 94.1 cm³/mol. The summed E-state index contributed by atoms with van der Waals surface area (Å²) in [6, 6.07) is 13.4. The van der Waals surface area contributed by atoms with Crippen LogP contribution in [0.3, 0.4) is 0 Å². The van der Waals surface area contributed by atoms with Crippen LogP contribution in [0, 0.1) is 6.92 Å². The van der Waals surface area contributed by atoms with Crippen molar-refractivity contribution in [1.29, 1.82) is 0 Å². The van der Waals surface area contributed by atoms with Gasteiger partial charge in [0.05, 0.1) is 6.61 Å². The molecule has 0 aliphatic rings. The van der Waals surface area contributed by atoms with E-state index in [1.807, 2.05) is 0 Å². The van der Waals surface area contributed by atoms with Crippen molar-refractivity contribution in [2.45, 2.75) is 25.7 Å². The van der Waals surface area contributed by atoms with Crippen molar-refractivity contribution in [3.63, 3.8) is 0 Å². The Balaban J connectivity index is 2.52. The number of hydrogen-bond donors (Lipinski definition) is 2. The summed E-state index contributed by atoms with van der Waals surface area (Å²) in [7, 11) is 0. The van der Waals surface area contributed by atoms with Crippen LogP contribution in [-0.2, 0) is 9.53 Å². The van der Waals surface area contributed by atoms with Crippen LogP contribution in [0.1, 0.15) is 22.8 Å². The summed E-state index contributed by atoms with van der Waals surface area (Å²) in [6.45, 7) is 2.67. The van der Waals surface area contributed by atoms with E-state index in [1.54, 1.807) is 30.4 Å². The van der Waals surface area contributed by atoms with Crippen molar-refractivity contribution >= 4 is 17.6 Å². The van der Waals surface area contributed by atoms with E-state index in [2.05, 4.69) is 10.1 Å². The molecule has 0 unspecified atom stereocenters. The molecule has 0 heterocycles. The molecule has 0 aromatic heterocycles. The van der Waals surface area contributed by atoms with Crippen LogP contribution in [0.15, 0.2) is 54.6 Å². The van der Waals surface area contributed by atoms with E-state index in [-0.39, 0.29) is 17.9 Å². The van der Waals surface area contributed by atoms with Gasteiger partial charge in [0.2, 0.25) is 0 Å². The first-order chi connectivity index (χ1) is 12.7. The smallest absolute Gasteiger partial charge is 0.441 e. The van der Waals surface area contributed by atoms with E-state index >= 15 is 0 Å². The third kappa shape index (κ3) is 4.39. The summed E-state index contributed by atoms with van der Waals surface area (Å²) < 4.78 is 46.8. The number of alkyl halides is 3. The number of aryl methyl sites for hydroxylation is 1. The van der Waals surface area contributed by atoms with Crippen LogP contribution in [-0.4, -0.2) is 30.3 Å². The monoisotopic (exact) mass is 380 g/mol. The van der Waals surface area contributed by atoms with Gasteiger partial charge in [0.1, 0.15) is 0 Å². The lowest BCUT2D eigenvalue weighted by Crippen LogP contribution is -2.69. The molecule has 0 aliphatic heterocycles. The molecule has 27 heavy (non-hydrogen) atoms. The molecule has 2 N–H and O–H groups in total. The minimum absolute atomic E-state index is 0.0259. The van der Waals surface area contributed by atoms with Crippen LogP contribution < -0.4 is 10.6 Å². The zero-order valence-corrected chi connectivity index (χ0v) is 14.8. The first-order valence-electron chi connectivity index (χ1n) is 8.16. The summed E-state index contributed by atoms with van der Waals surface area (Å²) in [4.78, 5) is 24.8. The standard InChI is InChI=1S/C19H19F3N2O3/c1-3-27-17(26)18(19(20,21)22,23-15-12-8-7-9-13(15)2)24-16(25)14-10-5-4-6-11-14/h4-12,23H,3H2,1-2H3,(H,24,25)/t18-/m1/s1. The molecule has 144 valence electrons. The van der Waals surface area contributed by atoms with E-state index < -0.39 is 23.7 Å². The average Bonchev–Trinajstić information content (AvgIpc) is 2.62. The Morgan fingerprint density at radius 2 is 1.59 bits per heavy atom. The van der Waals surface area contributed by atoms with Gasteiger partial charge in [0, 0.05) is 11.3 Å². The van der Waals surface area contributed by atoms with Gasteiger partial charge in [0.15, 0.2) is 0 Å². The van der Waals surface area contributed by atoms with E-state index in [0.29, 0.717) is 5.56 Å². The van der Waals surface area contributed by atoms with Gasteiger partial charge in [-0.3, -0.25) is 4.79 Å². The maximum Gasteiger partial charge on any atom is 0.441 e. The van der Waals surface area contributed by atoms with E-state index in [0.717, 1.165) is 0 Å². The molecular weight excluding hydrogens is 361 g/mol. The third-order valence-corrected chi connectivity index (χ3v) is 3.81. The summed E-state index contributed by atoms with van der Waals surface area (Å²) in [5, 5.41) is 3.95. The van der Waals surface area contributed by atoms with Gasteiger partial charge in [0.25, 0.3) is 5.91 Å². The topological polar surface area (TPSA) is 67.4 Å². The number of carbonyl (C=O) groups is 2. The number of rotatable bonds is 6. The molecule has 0 bridgehead atoms. The molecule has 1 amide bonds. The molecule has 2 rings (SSSR count). The fourth-order valence-electron chi connectivity index (χ4n) is 2.38. The van der Waals surface area contributed by atoms with Crippen LogP contribution in [0.25, 0.3) is 0 Å². The second-order valence-corrected chi connectivity index (χ2v) is 5.73. The molecule has 0 saturated carbocycles. The Morgan fingerprint density at radius 1 is 1.00 bits per heavy atom. The summed E-state index contributed by atoms with van der Waals surface area (Å²) in [6.07, 6.45) is -5.17. The van der Waals surface area contributed by atoms with Crippen LogP contribution in [0.5, 0.6) is 0 Å². The van der Waals surface area contributed by atoms with Crippen LogP contribution in [0.4, 0.5) is 18.9 Å². The summed E-state index contributed by atoms with van der Waals surface area (Å²) >= 11 is 0. The number of carbonyl (C=O) groups excluding carboxylic acids is 2. The molecule has 0 radical (unpaired) electrons. The fraction of sp³-hybridized carbons (Fsp3) is 0.263. The Kier molecular flexibility index (Phi) is 6.09. The first-order valence-corrected chi connectivity index (χ1v) is 8.16. The zero-order chi connectivity index (χ0) is 20.1. The van der Waals surface area contributed by atoms with Gasteiger partial charge in [-0.15, -0.1) is 0 Å². The number of halogens is 3. The normalized spacial score (nSPS) is 13.4. The number of benzene rings is 2. The Bertz CT molecular complexity index is 809. The number of anilines is 1. The second kappa shape index (κ2) is 8.11. The molecule has 1 atom stereocenters. The quantitative estimate of drug-likeness (QED) is 0.593. The maximum absolute atomic E-state index is 14.1. The minimum atomic E-state index is -5.17. The highest BCUT2D eigenvalue weighted by Gasteiger charge is 2.63. The number of esters is 1. The summed E-state index contributed by atoms with van der Waals surface area (Å²) in [5.41, 5.74) is -2.97. The number of hydrogen-bond acceptors (Lipinski definition) is 4. The van der Waals surface area contributed by atoms with Crippen molar-refractivity contribution < 1.29 is 27.5 Å². The van der Waals surface area contributed by atoms with Crippen LogP contribution >= 0.6 is 0 Å². The van der Waals surface area contributed by atoms with Crippen molar-refractivity contribution in [3.05, 3.63) is 65.7 Å². The largest absolute Gasteiger partial charge is 0.463 e. The first kappa shape index (κ1) is 20.3. The SMILES string of the molecule is CCOC(=O)[C@](NC(=O)c1ccccc1)(Nc1ccccc1C)C(F)(F)F. The highest BCUT2D eigenvalue weighted by atomic mass is 19.4. The molecule has 5 nitrogen and oxygen atoms in total. The number of ether oxygens (including phenoxy) is 1. The van der Waals surface area contributed by atoms with Crippen molar-refractivity contribution in [1.82, 2.24) is 5.32 Å². The molecule has 2 aromatic rings. The molecule has 0 fully saturated rings. The van der Waals surface area contributed by atoms with Gasteiger partial charge >= 0.3 is 17.8 Å². The second-order valence-electron chi connectivity index (χ2n) is 5.73. The third-order valence-electron chi connectivity index (χ3n) is 3.81. The van der Waals surface area contributed by atoms with Crippen LogP contribution in [0.2, 0.25) is 0 Å². The minimum Gasteiger partial charge on any atom is -0.463 e. The molecule has 8 heteroatoms.